The Kier molecular flexibility index (Phi) is 3.93. The van der Waals surface area contributed by atoms with E-state index in [9.17, 15) is 9.59 Å². The van der Waals surface area contributed by atoms with E-state index in [2.05, 4.69) is 15.2 Å². The van der Waals surface area contributed by atoms with Gasteiger partial charge in [-0.1, -0.05) is 12.1 Å². The zero-order chi connectivity index (χ0) is 17.2. The summed E-state index contributed by atoms with van der Waals surface area (Å²) in [6.45, 7) is 2.20. The summed E-state index contributed by atoms with van der Waals surface area (Å²) in [5.74, 6) is -0.0654. The SMILES string of the molecule is O=C(Cn1nc2ccccc2n1)N1CCN(C(=O)c2ccc[nH]2)CC1. The summed E-state index contributed by atoms with van der Waals surface area (Å²) in [6.07, 6.45) is 1.73. The van der Waals surface area contributed by atoms with Crippen molar-refractivity contribution in [3.63, 3.8) is 0 Å². The van der Waals surface area contributed by atoms with Crippen LogP contribution >= 0.6 is 0 Å². The molecule has 0 atom stereocenters. The predicted molar refractivity (Wildman–Crippen MR) is 90.8 cm³/mol. The minimum absolute atomic E-state index is 0.0305. The fraction of sp³-hybridized carbons (Fsp3) is 0.294. The first-order valence-corrected chi connectivity index (χ1v) is 8.21. The van der Waals surface area contributed by atoms with Crippen LogP contribution in [-0.2, 0) is 11.3 Å². The van der Waals surface area contributed by atoms with E-state index in [-0.39, 0.29) is 18.4 Å². The molecule has 0 unspecified atom stereocenters. The number of hydrogen-bond donors (Lipinski definition) is 1. The molecular formula is C17H18N6O2. The normalized spacial score (nSPS) is 14.9. The number of piperazine rings is 1. The number of aromatic amines is 1. The van der Waals surface area contributed by atoms with Gasteiger partial charge in [0.1, 0.15) is 23.3 Å². The average Bonchev–Trinajstić information content (AvgIpc) is 3.30. The lowest BCUT2D eigenvalue weighted by molar-refractivity contribution is -0.133. The predicted octanol–water partition coefficient (Wildman–Crippen LogP) is 0.744. The number of rotatable bonds is 3. The molecule has 1 aliphatic rings. The van der Waals surface area contributed by atoms with Gasteiger partial charge in [0.25, 0.3) is 5.91 Å². The van der Waals surface area contributed by atoms with Crippen LogP contribution < -0.4 is 0 Å². The maximum absolute atomic E-state index is 12.5. The van der Waals surface area contributed by atoms with Gasteiger partial charge in [-0.05, 0) is 24.3 Å². The zero-order valence-corrected chi connectivity index (χ0v) is 13.6. The van der Waals surface area contributed by atoms with E-state index in [1.54, 1.807) is 28.1 Å². The summed E-state index contributed by atoms with van der Waals surface area (Å²) < 4.78 is 0. The summed E-state index contributed by atoms with van der Waals surface area (Å²) in [6, 6.07) is 11.1. The van der Waals surface area contributed by atoms with Crippen molar-refractivity contribution in [3.8, 4) is 0 Å². The Balaban J connectivity index is 1.35. The molecule has 0 radical (unpaired) electrons. The Labute approximate surface area is 144 Å². The Hall–Kier alpha value is -3.16. The lowest BCUT2D eigenvalue weighted by atomic mass is 10.2. The highest BCUT2D eigenvalue weighted by molar-refractivity contribution is 5.92. The molecule has 1 aliphatic heterocycles. The molecule has 3 aromatic rings. The average molecular weight is 338 g/mol. The highest BCUT2D eigenvalue weighted by Crippen LogP contribution is 2.10. The van der Waals surface area contributed by atoms with Gasteiger partial charge in [0.15, 0.2) is 0 Å². The van der Waals surface area contributed by atoms with Gasteiger partial charge < -0.3 is 14.8 Å². The first-order valence-electron chi connectivity index (χ1n) is 8.21. The van der Waals surface area contributed by atoms with Crippen molar-refractivity contribution in [2.75, 3.05) is 26.2 Å². The second-order valence-corrected chi connectivity index (χ2v) is 5.98. The van der Waals surface area contributed by atoms with Gasteiger partial charge in [0.05, 0.1) is 0 Å². The smallest absolute Gasteiger partial charge is 0.270 e. The maximum Gasteiger partial charge on any atom is 0.270 e. The van der Waals surface area contributed by atoms with Crippen LogP contribution in [-0.4, -0.2) is 67.8 Å². The standard InChI is InChI=1S/C17H18N6O2/c24-16(12-23-19-13-4-1-2-5-14(13)20-23)21-8-10-22(11-9-21)17(25)15-6-3-7-18-15/h1-7,18H,8-12H2. The summed E-state index contributed by atoms with van der Waals surface area (Å²) in [7, 11) is 0. The van der Waals surface area contributed by atoms with E-state index in [1.165, 1.54) is 4.80 Å². The number of H-pyrrole nitrogens is 1. The second-order valence-electron chi connectivity index (χ2n) is 5.98. The van der Waals surface area contributed by atoms with E-state index >= 15 is 0 Å². The molecule has 8 nitrogen and oxygen atoms in total. The lowest BCUT2D eigenvalue weighted by Gasteiger charge is -2.34. The van der Waals surface area contributed by atoms with Crippen LogP contribution in [0.5, 0.6) is 0 Å². The van der Waals surface area contributed by atoms with Crippen molar-refractivity contribution in [1.29, 1.82) is 0 Å². The van der Waals surface area contributed by atoms with E-state index < -0.39 is 0 Å². The van der Waals surface area contributed by atoms with E-state index in [0.717, 1.165) is 11.0 Å². The topological polar surface area (TPSA) is 87.1 Å². The highest BCUT2D eigenvalue weighted by Gasteiger charge is 2.25. The number of nitrogens with one attached hydrogen (secondary N) is 1. The fourth-order valence-corrected chi connectivity index (χ4v) is 2.99. The van der Waals surface area contributed by atoms with E-state index in [0.29, 0.717) is 31.9 Å². The minimum Gasteiger partial charge on any atom is -0.357 e. The number of fused-ring (bicyclic) bond motifs is 1. The molecule has 1 aromatic carbocycles. The number of benzene rings is 1. The van der Waals surface area contributed by atoms with Crippen LogP contribution in [0.15, 0.2) is 42.6 Å². The fourth-order valence-electron chi connectivity index (χ4n) is 2.99. The number of carbonyl (C=O) groups excluding carboxylic acids is 2. The third-order valence-electron chi connectivity index (χ3n) is 4.35. The Bertz CT molecular complexity index is 860. The molecule has 1 N–H and O–H groups in total. The van der Waals surface area contributed by atoms with Gasteiger partial charge in [-0.25, -0.2) is 0 Å². The number of carbonyl (C=O) groups is 2. The van der Waals surface area contributed by atoms with Gasteiger partial charge in [-0.3, -0.25) is 9.59 Å². The van der Waals surface area contributed by atoms with E-state index in [1.807, 2.05) is 24.3 Å². The molecule has 3 heterocycles. The number of hydrogen-bond acceptors (Lipinski definition) is 4. The van der Waals surface area contributed by atoms with Crippen LogP contribution in [0.1, 0.15) is 10.5 Å². The van der Waals surface area contributed by atoms with Crippen molar-refractivity contribution < 1.29 is 9.59 Å². The van der Waals surface area contributed by atoms with Crippen molar-refractivity contribution in [3.05, 3.63) is 48.3 Å². The summed E-state index contributed by atoms with van der Waals surface area (Å²) in [5.41, 5.74) is 2.13. The van der Waals surface area contributed by atoms with Gasteiger partial charge in [-0.2, -0.15) is 15.0 Å². The molecule has 1 saturated heterocycles. The second kappa shape index (κ2) is 6.39. The molecule has 8 heteroatoms. The van der Waals surface area contributed by atoms with Crippen molar-refractivity contribution in [2.45, 2.75) is 6.54 Å². The summed E-state index contributed by atoms with van der Waals surface area (Å²) in [5, 5.41) is 8.63. The first kappa shape index (κ1) is 15.4. The van der Waals surface area contributed by atoms with Crippen LogP contribution in [0.2, 0.25) is 0 Å². The van der Waals surface area contributed by atoms with Crippen LogP contribution in [0, 0.1) is 0 Å². The van der Waals surface area contributed by atoms with Crippen LogP contribution in [0.3, 0.4) is 0 Å². The number of amides is 2. The third-order valence-corrected chi connectivity index (χ3v) is 4.35. The monoisotopic (exact) mass is 338 g/mol. The molecule has 25 heavy (non-hydrogen) atoms. The molecule has 0 aliphatic carbocycles. The Morgan fingerprint density at radius 3 is 2.16 bits per heavy atom. The molecular weight excluding hydrogens is 320 g/mol. The largest absolute Gasteiger partial charge is 0.357 e. The quantitative estimate of drug-likeness (QED) is 0.763. The molecule has 4 rings (SSSR count). The Morgan fingerprint density at radius 2 is 1.56 bits per heavy atom. The van der Waals surface area contributed by atoms with Gasteiger partial charge in [0.2, 0.25) is 5.91 Å². The van der Waals surface area contributed by atoms with Gasteiger partial charge in [-0.15, -0.1) is 0 Å². The Morgan fingerprint density at radius 1 is 0.920 bits per heavy atom. The summed E-state index contributed by atoms with van der Waals surface area (Å²) in [4.78, 5) is 32.6. The zero-order valence-electron chi connectivity index (χ0n) is 13.6. The van der Waals surface area contributed by atoms with Gasteiger partial charge >= 0.3 is 0 Å². The molecule has 0 spiro atoms. The van der Waals surface area contributed by atoms with Crippen molar-refractivity contribution >= 4 is 22.8 Å². The first-order chi connectivity index (χ1) is 12.2. The number of aromatic nitrogens is 4. The minimum atomic E-state index is -0.0349. The molecule has 1 fully saturated rings. The molecule has 2 aromatic heterocycles. The van der Waals surface area contributed by atoms with E-state index in [4.69, 9.17) is 0 Å². The maximum atomic E-state index is 12.5. The highest BCUT2D eigenvalue weighted by atomic mass is 16.2. The van der Waals surface area contributed by atoms with Crippen LogP contribution in [0.4, 0.5) is 0 Å². The molecule has 0 bridgehead atoms. The van der Waals surface area contributed by atoms with Gasteiger partial charge in [0, 0.05) is 32.4 Å². The summed E-state index contributed by atoms with van der Waals surface area (Å²) >= 11 is 0. The molecule has 0 saturated carbocycles. The van der Waals surface area contributed by atoms with Crippen molar-refractivity contribution in [1.82, 2.24) is 29.8 Å². The molecule has 2 amide bonds. The van der Waals surface area contributed by atoms with Crippen LogP contribution in [0.25, 0.3) is 11.0 Å². The lowest BCUT2D eigenvalue weighted by Crippen LogP contribution is -2.51. The number of nitrogens with zero attached hydrogens (tertiary/aromatic N) is 5. The van der Waals surface area contributed by atoms with Crippen molar-refractivity contribution in [2.24, 2.45) is 0 Å². The third kappa shape index (κ3) is 3.10. The molecule has 128 valence electrons.